The van der Waals surface area contributed by atoms with Gasteiger partial charge in [0.05, 0.1) is 19.8 Å². The minimum atomic E-state index is -3.38. The maximum atomic E-state index is 11.7. The Bertz CT molecular complexity index is 380. The van der Waals surface area contributed by atoms with Gasteiger partial charge in [0.1, 0.15) is 6.54 Å². The van der Waals surface area contributed by atoms with Gasteiger partial charge in [0.2, 0.25) is 0 Å². The summed E-state index contributed by atoms with van der Waals surface area (Å²) in [6.45, 7) is 4.86. The molecule has 0 fully saturated rings. The van der Waals surface area contributed by atoms with Crippen LogP contribution < -0.4 is 0 Å². The topological polar surface area (TPSA) is 43.4 Å². The number of nitrogens with zero attached hydrogens (tertiary/aromatic N) is 1. The second kappa shape index (κ2) is 14.1. The summed E-state index contributed by atoms with van der Waals surface area (Å²) >= 11 is 0. The molecule has 0 saturated carbocycles. The van der Waals surface area contributed by atoms with Gasteiger partial charge in [-0.3, -0.25) is 0 Å². The van der Waals surface area contributed by atoms with E-state index in [1.807, 2.05) is 21.0 Å². The van der Waals surface area contributed by atoms with Crippen LogP contribution in [0.15, 0.2) is 0 Å². The van der Waals surface area contributed by atoms with Gasteiger partial charge in [-0.1, -0.05) is 82.3 Å². The summed E-state index contributed by atoms with van der Waals surface area (Å²) in [4.78, 5) is 0. The molecule has 0 rings (SSSR count). The summed E-state index contributed by atoms with van der Waals surface area (Å²) in [6, 6.07) is 0. The Morgan fingerprint density at radius 3 is 1.50 bits per heavy atom. The van der Waals surface area contributed by atoms with E-state index in [9.17, 15) is 8.42 Å². The zero-order valence-corrected chi connectivity index (χ0v) is 17.5. The van der Waals surface area contributed by atoms with Gasteiger partial charge >= 0.3 is 10.1 Å². The number of hydroxylamine groups is 3. The smallest absolute Gasteiger partial charge is 0.194 e. The third-order valence-corrected chi connectivity index (χ3v) is 5.86. The average Bonchev–Trinajstić information content (AvgIpc) is 2.47. The highest BCUT2D eigenvalue weighted by Gasteiger charge is 2.25. The molecule has 0 aliphatic heterocycles. The molecule has 0 bridgehead atoms. The van der Waals surface area contributed by atoms with Crippen molar-refractivity contribution >= 4 is 10.1 Å². The van der Waals surface area contributed by atoms with E-state index in [4.69, 9.17) is 4.28 Å². The Labute approximate surface area is 151 Å². The molecule has 0 heterocycles. The third-order valence-electron chi connectivity index (χ3n) is 4.32. The fourth-order valence-electron chi connectivity index (χ4n) is 2.97. The molecule has 0 spiro atoms. The van der Waals surface area contributed by atoms with Crippen molar-refractivity contribution in [1.29, 1.82) is 0 Å². The van der Waals surface area contributed by atoms with Gasteiger partial charge in [0, 0.05) is 0 Å². The van der Waals surface area contributed by atoms with Crippen LogP contribution in [-0.2, 0) is 14.4 Å². The highest BCUT2D eigenvalue weighted by atomic mass is 32.2. The minimum absolute atomic E-state index is 0.104. The molecular formula is C19H42NO3S+. The first-order valence-electron chi connectivity index (χ1n) is 10.1. The maximum Gasteiger partial charge on any atom is 0.314 e. The molecule has 5 heteroatoms. The summed E-state index contributed by atoms with van der Waals surface area (Å²) in [7, 11) is 0.267. The van der Waals surface area contributed by atoms with E-state index in [2.05, 4.69) is 6.92 Å². The normalized spacial score (nSPS) is 12.7. The first kappa shape index (κ1) is 23.9. The number of unbranched alkanes of at least 4 members (excludes halogenated alkanes) is 11. The van der Waals surface area contributed by atoms with Crippen LogP contribution in [0.4, 0.5) is 0 Å². The number of hydrogen-bond donors (Lipinski definition) is 0. The zero-order chi connectivity index (χ0) is 18.3. The van der Waals surface area contributed by atoms with Crippen LogP contribution in [-0.4, -0.2) is 39.5 Å². The second-order valence-corrected chi connectivity index (χ2v) is 9.20. The molecule has 24 heavy (non-hydrogen) atoms. The summed E-state index contributed by atoms with van der Waals surface area (Å²) < 4.78 is 28.8. The first-order chi connectivity index (χ1) is 11.3. The van der Waals surface area contributed by atoms with E-state index in [1.54, 1.807) is 0 Å². The molecule has 146 valence electrons. The van der Waals surface area contributed by atoms with Crippen LogP contribution in [0, 0.1) is 0 Å². The van der Waals surface area contributed by atoms with Gasteiger partial charge in [-0.05, 0) is 19.3 Å². The number of rotatable bonds is 17. The Morgan fingerprint density at radius 2 is 1.08 bits per heavy atom. The molecule has 0 saturated heterocycles. The lowest BCUT2D eigenvalue weighted by Gasteiger charge is -2.25. The van der Waals surface area contributed by atoms with Crippen molar-refractivity contribution in [2.75, 3.05) is 26.4 Å². The molecular weight excluding hydrogens is 322 g/mol. The van der Waals surface area contributed by atoms with Gasteiger partial charge in [-0.15, -0.1) is 0 Å². The lowest BCUT2D eigenvalue weighted by molar-refractivity contribution is -1.05. The van der Waals surface area contributed by atoms with Crippen LogP contribution in [0.2, 0.25) is 0 Å². The van der Waals surface area contributed by atoms with E-state index in [-0.39, 0.29) is 10.4 Å². The van der Waals surface area contributed by atoms with Gasteiger partial charge in [-0.25, -0.2) is 0 Å². The molecule has 0 radical (unpaired) electrons. The zero-order valence-electron chi connectivity index (χ0n) is 16.7. The SMILES string of the molecule is CCCCCCCCCCCCCC[N+](C)(C)OS(=O)(=O)CCC. The quantitative estimate of drug-likeness (QED) is 0.196. The number of quaternary nitrogens is 1. The molecule has 4 nitrogen and oxygen atoms in total. The van der Waals surface area contributed by atoms with Crippen LogP contribution in [0.25, 0.3) is 0 Å². The largest absolute Gasteiger partial charge is 0.314 e. The summed E-state index contributed by atoms with van der Waals surface area (Å²) in [5, 5.41) is 0. The third kappa shape index (κ3) is 15.4. The van der Waals surface area contributed by atoms with Crippen LogP contribution in [0.1, 0.15) is 97.3 Å². The molecule has 0 amide bonds. The van der Waals surface area contributed by atoms with Gasteiger partial charge in [0.15, 0.2) is 0 Å². The predicted octanol–water partition coefficient (Wildman–Crippen LogP) is 5.44. The lowest BCUT2D eigenvalue weighted by Crippen LogP contribution is -2.42. The van der Waals surface area contributed by atoms with Crippen LogP contribution in [0.5, 0.6) is 0 Å². The van der Waals surface area contributed by atoms with Crippen molar-refractivity contribution in [2.45, 2.75) is 97.3 Å². The average molecular weight is 365 g/mol. The molecule has 0 N–H and O–H groups in total. The molecule has 0 aliphatic rings. The number of hydrogen-bond acceptors (Lipinski definition) is 3. The maximum absolute atomic E-state index is 11.7. The molecule has 0 aromatic heterocycles. The molecule has 0 atom stereocenters. The summed E-state index contributed by atoms with van der Waals surface area (Å²) in [5.74, 6) is 0.104. The highest BCUT2D eigenvalue weighted by molar-refractivity contribution is 7.86. The van der Waals surface area contributed by atoms with E-state index >= 15 is 0 Å². The summed E-state index contributed by atoms with van der Waals surface area (Å²) in [6.07, 6.45) is 16.3. The molecule has 0 aliphatic carbocycles. The van der Waals surface area contributed by atoms with Crippen molar-refractivity contribution in [2.24, 2.45) is 0 Å². The first-order valence-corrected chi connectivity index (χ1v) is 11.7. The van der Waals surface area contributed by atoms with Crippen molar-refractivity contribution in [3.05, 3.63) is 0 Å². The van der Waals surface area contributed by atoms with Gasteiger partial charge in [0.25, 0.3) is 0 Å². The van der Waals surface area contributed by atoms with Gasteiger partial charge < -0.3 is 0 Å². The van der Waals surface area contributed by atoms with Crippen LogP contribution >= 0.6 is 0 Å². The fourth-order valence-corrected chi connectivity index (χ4v) is 4.23. The predicted molar refractivity (Wildman–Crippen MR) is 103 cm³/mol. The van der Waals surface area contributed by atoms with E-state index in [0.717, 1.165) is 19.4 Å². The molecule has 0 aromatic carbocycles. The minimum Gasteiger partial charge on any atom is -0.194 e. The van der Waals surface area contributed by atoms with Crippen LogP contribution in [0.3, 0.4) is 0 Å². The van der Waals surface area contributed by atoms with Crippen molar-refractivity contribution in [3.63, 3.8) is 0 Å². The molecule has 0 unspecified atom stereocenters. The monoisotopic (exact) mass is 364 g/mol. The fraction of sp³-hybridized carbons (Fsp3) is 1.00. The van der Waals surface area contributed by atoms with E-state index in [0.29, 0.717) is 6.42 Å². The Morgan fingerprint density at radius 1 is 0.667 bits per heavy atom. The molecule has 0 aromatic rings. The van der Waals surface area contributed by atoms with E-state index < -0.39 is 10.1 Å². The summed E-state index contributed by atoms with van der Waals surface area (Å²) in [5.41, 5.74) is 0. The second-order valence-electron chi connectivity index (χ2n) is 7.52. The Kier molecular flexibility index (Phi) is 14.0. The Hall–Kier alpha value is -0.130. The lowest BCUT2D eigenvalue weighted by atomic mass is 10.1. The standard InChI is InChI=1S/C19H42NO3S/c1-5-7-8-9-10-11-12-13-14-15-16-17-18-20(3,4)23-24(21,22)19-6-2/h5-19H2,1-4H3/q+1. The van der Waals surface area contributed by atoms with E-state index in [1.165, 1.54) is 64.2 Å². The Balaban J connectivity index is 3.52. The van der Waals surface area contributed by atoms with Crippen molar-refractivity contribution in [3.8, 4) is 0 Å². The highest BCUT2D eigenvalue weighted by Crippen LogP contribution is 2.14. The van der Waals surface area contributed by atoms with Crippen molar-refractivity contribution in [1.82, 2.24) is 0 Å². The van der Waals surface area contributed by atoms with Crippen molar-refractivity contribution < 1.29 is 17.3 Å². The van der Waals surface area contributed by atoms with Gasteiger partial charge in [-0.2, -0.15) is 13.1 Å².